The lowest BCUT2D eigenvalue weighted by Crippen LogP contribution is -2.40. The SMILES string of the molecule is CC1(C)CC(c2nc(-c3nc([C@H]4C[C@@](C)(O)C4)n4ccnc(N)c34)c3c(N)nccn23)C1. The number of aliphatic hydroxyl groups is 1. The highest BCUT2D eigenvalue weighted by Gasteiger charge is 2.43. The first-order valence-electron chi connectivity index (χ1n) is 11.1. The van der Waals surface area contributed by atoms with Gasteiger partial charge in [0.15, 0.2) is 0 Å². The van der Waals surface area contributed by atoms with Crippen LogP contribution in [0.5, 0.6) is 0 Å². The Labute approximate surface area is 185 Å². The van der Waals surface area contributed by atoms with Crippen molar-refractivity contribution in [2.75, 3.05) is 11.5 Å². The van der Waals surface area contributed by atoms with Crippen LogP contribution in [0.25, 0.3) is 22.4 Å². The normalized spacial score (nSPS) is 25.2. The smallest absolute Gasteiger partial charge is 0.150 e. The lowest BCUT2D eigenvalue weighted by Gasteiger charge is -2.41. The average Bonchev–Trinajstić information content (AvgIpc) is 3.24. The second-order valence-corrected chi connectivity index (χ2v) is 10.6. The second-order valence-electron chi connectivity index (χ2n) is 10.6. The molecule has 9 nitrogen and oxygen atoms in total. The molecule has 2 aliphatic rings. The fourth-order valence-corrected chi connectivity index (χ4v) is 5.72. The summed E-state index contributed by atoms with van der Waals surface area (Å²) < 4.78 is 4.05. The Kier molecular flexibility index (Phi) is 3.77. The molecule has 0 atom stereocenters. The van der Waals surface area contributed by atoms with Gasteiger partial charge in [0, 0.05) is 36.6 Å². The zero-order chi connectivity index (χ0) is 22.4. The molecule has 2 aliphatic carbocycles. The van der Waals surface area contributed by atoms with E-state index in [4.69, 9.17) is 21.4 Å². The summed E-state index contributed by atoms with van der Waals surface area (Å²) >= 11 is 0. The van der Waals surface area contributed by atoms with Crippen LogP contribution in [-0.2, 0) is 0 Å². The Balaban J connectivity index is 1.58. The third kappa shape index (κ3) is 2.73. The van der Waals surface area contributed by atoms with Gasteiger partial charge in [0.05, 0.1) is 5.60 Å². The van der Waals surface area contributed by atoms with Gasteiger partial charge >= 0.3 is 0 Å². The molecule has 32 heavy (non-hydrogen) atoms. The predicted molar refractivity (Wildman–Crippen MR) is 122 cm³/mol. The number of fused-ring (bicyclic) bond motifs is 2. The van der Waals surface area contributed by atoms with Crippen LogP contribution in [0.2, 0.25) is 0 Å². The molecule has 0 bridgehead atoms. The minimum Gasteiger partial charge on any atom is -0.390 e. The zero-order valence-electron chi connectivity index (χ0n) is 18.6. The molecular formula is C23H28N8O. The van der Waals surface area contributed by atoms with Crippen molar-refractivity contribution in [2.45, 2.75) is 63.9 Å². The molecule has 9 heteroatoms. The molecule has 4 aromatic heterocycles. The molecule has 0 unspecified atom stereocenters. The molecule has 0 amide bonds. The van der Waals surface area contributed by atoms with Gasteiger partial charge in [-0.1, -0.05) is 13.8 Å². The molecule has 0 radical (unpaired) electrons. The highest BCUT2D eigenvalue weighted by molar-refractivity contribution is 5.93. The first kappa shape index (κ1) is 19.5. The first-order valence-corrected chi connectivity index (χ1v) is 11.1. The van der Waals surface area contributed by atoms with E-state index in [1.165, 1.54) is 0 Å². The molecule has 2 saturated carbocycles. The van der Waals surface area contributed by atoms with Gasteiger partial charge in [-0.3, -0.25) is 8.80 Å². The van der Waals surface area contributed by atoms with E-state index in [0.29, 0.717) is 47.2 Å². The number of hydrogen-bond acceptors (Lipinski definition) is 7. The largest absolute Gasteiger partial charge is 0.390 e. The highest BCUT2D eigenvalue weighted by atomic mass is 16.3. The van der Waals surface area contributed by atoms with Crippen LogP contribution in [-0.4, -0.2) is 39.4 Å². The number of nitrogens with zero attached hydrogens (tertiary/aromatic N) is 6. The lowest BCUT2D eigenvalue weighted by molar-refractivity contribution is -0.0335. The van der Waals surface area contributed by atoms with Crippen LogP contribution in [0.15, 0.2) is 24.8 Å². The summed E-state index contributed by atoms with van der Waals surface area (Å²) in [6.45, 7) is 6.42. The first-order chi connectivity index (χ1) is 15.1. The number of anilines is 2. The highest BCUT2D eigenvalue weighted by Crippen LogP contribution is 2.51. The topological polar surface area (TPSA) is 133 Å². The summed E-state index contributed by atoms with van der Waals surface area (Å²) in [5.74, 6) is 3.16. The Morgan fingerprint density at radius 1 is 0.812 bits per heavy atom. The Morgan fingerprint density at radius 2 is 1.25 bits per heavy atom. The quantitative estimate of drug-likeness (QED) is 0.453. The summed E-state index contributed by atoms with van der Waals surface area (Å²) in [6.07, 6.45) is 10.6. The van der Waals surface area contributed by atoms with Gasteiger partial charge in [0.2, 0.25) is 0 Å². The molecule has 0 saturated heterocycles. The fourth-order valence-electron chi connectivity index (χ4n) is 5.72. The van der Waals surface area contributed by atoms with Crippen molar-refractivity contribution in [3.05, 3.63) is 36.4 Å². The molecule has 4 heterocycles. The Bertz CT molecular complexity index is 1260. The Morgan fingerprint density at radius 3 is 1.66 bits per heavy atom. The molecule has 166 valence electrons. The van der Waals surface area contributed by atoms with Crippen LogP contribution >= 0.6 is 0 Å². The van der Waals surface area contributed by atoms with Crippen molar-refractivity contribution in [1.29, 1.82) is 0 Å². The summed E-state index contributed by atoms with van der Waals surface area (Å²) in [6, 6.07) is 0. The third-order valence-electron chi connectivity index (χ3n) is 7.15. The van der Waals surface area contributed by atoms with E-state index < -0.39 is 5.60 Å². The van der Waals surface area contributed by atoms with Crippen molar-refractivity contribution in [1.82, 2.24) is 28.7 Å². The van der Waals surface area contributed by atoms with E-state index in [0.717, 1.165) is 35.5 Å². The van der Waals surface area contributed by atoms with E-state index in [1.54, 1.807) is 12.4 Å². The van der Waals surface area contributed by atoms with E-state index in [1.807, 2.05) is 23.7 Å². The summed E-state index contributed by atoms with van der Waals surface area (Å²) in [4.78, 5) is 18.7. The minimum atomic E-state index is -0.658. The average molecular weight is 433 g/mol. The van der Waals surface area contributed by atoms with Crippen molar-refractivity contribution >= 4 is 22.7 Å². The van der Waals surface area contributed by atoms with E-state index in [2.05, 4.69) is 28.2 Å². The van der Waals surface area contributed by atoms with Crippen LogP contribution in [0.4, 0.5) is 11.6 Å². The van der Waals surface area contributed by atoms with Gasteiger partial charge < -0.3 is 16.6 Å². The number of aromatic nitrogens is 6. The monoisotopic (exact) mass is 432 g/mol. The van der Waals surface area contributed by atoms with Crippen molar-refractivity contribution in [2.24, 2.45) is 5.41 Å². The molecule has 4 aromatic rings. The van der Waals surface area contributed by atoms with Gasteiger partial charge in [0.1, 0.15) is 45.7 Å². The zero-order valence-corrected chi connectivity index (χ0v) is 18.6. The van der Waals surface area contributed by atoms with E-state index in [-0.39, 0.29) is 5.92 Å². The molecule has 0 aromatic carbocycles. The summed E-state index contributed by atoms with van der Waals surface area (Å²) in [5, 5.41) is 10.3. The maximum absolute atomic E-state index is 10.3. The summed E-state index contributed by atoms with van der Waals surface area (Å²) in [5.41, 5.74) is 15.2. The number of nitrogens with two attached hydrogens (primary N) is 2. The van der Waals surface area contributed by atoms with Gasteiger partial charge in [-0.15, -0.1) is 0 Å². The van der Waals surface area contributed by atoms with Crippen molar-refractivity contribution in [3.8, 4) is 11.4 Å². The standard InChI is InChI=1S/C23H28N8O/c1-22(2)8-12(9-22)20-28-14(16-18(24)26-4-6-30(16)20)15-17-19(25)27-5-7-31(17)21(29-15)13-10-23(3,32)11-13/h4-7,12-13,32H,8-11H2,1-3H3,(H2,24,26)(H2,25,27)/t13-,23+. The Hall–Kier alpha value is -3.20. The molecule has 6 rings (SSSR count). The van der Waals surface area contributed by atoms with Crippen LogP contribution < -0.4 is 11.5 Å². The third-order valence-corrected chi connectivity index (χ3v) is 7.15. The van der Waals surface area contributed by atoms with Gasteiger partial charge in [-0.05, 0) is 38.0 Å². The molecule has 5 N–H and O–H groups in total. The molecule has 2 fully saturated rings. The number of imidazole rings is 2. The minimum absolute atomic E-state index is 0.143. The molecule has 0 aliphatic heterocycles. The maximum atomic E-state index is 10.3. The summed E-state index contributed by atoms with van der Waals surface area (Å²) in [7, 11) is 0. The fraction of sp³-hybridized carbons (Fsp3) is 0.478. The van der Waals surface area contributed by atoms with Gasteiger partial charge in [-0.2, -0.15) is 0 Å². The van der Waals surface area contributed by atoms with Crippen LogP contribution in [0, 0.1) is 5.41 Å². The van der Waals surface area contributed by atoms with Gasteiger partial charge in [0.25, 0.3) is 0 Å². The van der Waals surface area contributed by atoms with E-state index >= 15 is 0 Å². The van der Waals surface area contributed by atoms with Crippen LogP contribution in [0.3, 0.4) is 0 Å². The maximum Gasteiger partial charge on any atom is 0.150 e. The molecular weight excluding hydrogens is 404 g/mol. The number of nitrogen functional groups attached to an aromatic ring is 2. The van der Waals surface area contributed by atoms with Gasteiger partial charge in [-0.25, -0.2) is 19.9 Å². The number of rotatable bonds is 3. The van der Waals surface area contributed by atoms with Crippen molar-refractivity contribution < 1.29 is 5.11 Å². The molecule has 0 spiro atoms. The van der Waals surface area contributed by atoms with Crippen molar-refractivity contribution in [3.63, 3.8) is 0 Å². The number of hydrogen-bond donors (Lipinski definition) is 3. The predicted octanol–water partition coefficient (Wildman–Crippen LogP) is 3.14. The van der Waals surface area contributed by atoms with E-state index in [9.17, 15) is 5.11 Å². The second kappa shape index (κ2) is 6.19. The van der Waals surface area contributed by atoms with Crippen LogP contribution in [0.1, 0.15) is 69.9 Å². The lowest BCUT2D eigenvalue weighted by atomic mass is 9.64.